The van der Waals surface area contributed by atoms with Crippen molar-refractivity contribution in [3.05, 3.63) is 42.0 Å². The molecule has 224 valence electrons. The molecule has 1 amide bonds. The average molecular weight is 550 g/mol. The molecule has 3 saturated carbocycles. The minimum Gasteiger partial charge on any atom is -0.492 e. The van der Waals surface area contributed by atoms with Gasteiger partial charge < -0.3 is 9.64 Å². The number of unbranched alkanes of at least 4 members (excludes halogenated alkanes) is 2. The van der Waals surface area contributed by atoms with Gasteiger partial charge in [0.2, 0.25) is 5.91 Å². The molecule has 1 aromatic carbocycles. The lowest BCUT2D eigenvalue weighted by Crippen LogP contribution is -2.29. The first-order valence-electron chi connectivity index (χ1n) is 17.1. The molecule has 0 spiro atoms. The van der Waals surface area contributed by atoms with Crippen LogP contribution >= 0.6 is 0 Å². The molecule has 0 heterocycles. The van der Waals surface area contributed by atoms with E-state index in [0.29, 0.717) is 19.1 Å². The van der Waals surface area contributed by atoms with Gasteiger partial charge in [-0.1, -0.05) is 65.0 Å². The van der Waals surface area contributed by atoms with Gasteiger partial charge in [-0.05, 0) is 135 Å². The van der Waals surface area contributed by atoms with E-state index >= 15 is 0 Å². The first-order chi connectivity index (χ1) is 19.5. The second kappa shape index (κ2) is 16.0. The van der Waals surface area contributed by atoms with Gasteiger partial charge >= 0.3 is 0 Å². The van der Waals surface area contributed by atoms with Crippen LogP contribution in [-0.2, 0) is 11.2 Å². The van der Waals surface area contributed by atoms with Crippen LogP contribution in [0.1, 0.15) is 134 Å². The van der Waals surface area contributed by atoms with Gasteiger partial charge in [-0.25, -0.2) is 0 Å². The quantitative estimate of drug-likeness (QED) is 0.181. The Balaban J connectivity index is 1.18. The molecule has 0 bridgehead atoms. The van der Waals surface area contributed by atoms with Crippen molar-refractivity contribution in [3.63, 3.8) is 0 Å². The van der Waals surface area contributed by atoms with Crippen molar-refractivity contribution < 1.29 is 9.53 Å². The minimum absolute atomic E-state index is 0.0627. The Morgan fingerprint density at radius 3 is 2.00 bits per heavy atom. The number of nitrogens with zero attached hydrogens (tertiary/aromatic N) is 1. The van der Waals surface area contributed by atoms with Crippen LogP contribution in [0.2, 0.25) is 0 Å². The van der Waals surface area contributed by atoms with Crippen LogP contribution in [0.5, 0.6) is 5.75 Å². The second-order valence-electron chi connectivity index (χ2n) is 13.6. The number of ether oxygens (including phenoxy) is 1. The van der Waals surface area contributed by atoms with Gasteiger partial charge in [0.05, 0.1) is 6.54 Å². The molecule has 3 aliphatic carbocycles. The van der Waals surface area contributed by atoms with Gasteiger partial charge in [-0.15, -0.1) is 0 Å². The second-order valence-corrected chi connectivity index (χ2v) is 13.6. The summed E-state index contributed by atoms with van der Waals surface area (Å²) in [5.41, 5.74) is 3.00. The number of benzene rings is 1. The van der Waals surface area contributed by atoms with Gasteiger partial charge in [0.25, 0.3) is 0 Å². The molecule has 3 fully saturated rings. The molecular weight excluding hydrogens is 490 g/mol. The third kappa shape index (κ3) is 8.62. The number of carbonyl (C=O) groups is 1. The Morgan fingerprint density at radius 1 is 0.875 bits per heavy atom. The van der Waals surface area contributed by atoms with Crippen LogP contribution in [0, 0.1) is 29.6 Å². The lowest BCUT2D eigenvalue weighted by molar-refractivity contribution is -0.125. The van der Waals surface area contributed by atoms with Crippen LogP contribution in [0.15, 0.2) is 30.9 Å². The van der Waals surface area contributed by atoms with E-state index in [9.17, 15) is 4.79 Å². The number of hydrogen-bond acceptors (Lipinski definition) is 2. The SMILES string of the molecule is C=CC(=O)N(C)CCOc1ccc(C2CCC(C3CCC(C4CCC(CCCCC)CC4)CC3)CC2)c(CC)c1. The predicted molar refractivity (Wildman–Crippen MR) is 169 cm³/mol. The lowest BCUT2D eigenvalue weighted by Gasteiger charge is -2.41. The van der Waals surface area contributed by atoms with Gasteiger partial charge in [0, 0.05) is 7.05 Å². The van der Waals surface area contributed by atoms with Gasteiger partial charge in [-0.3, -0.25) is 4.79 Å². The fourth-order valence-electron chi connectivity index (χ4n) is 8.56. The highest BCUT2D eigenvalue weighted by atomic mass is 16.5. The normalized spacial score (nSPS) is 29.1. The first-order valence-corrected chi connectivity index (χ1v) is 17.1. The standard InChI is InChI=1S/C37H59NO2/c1-5-8-9-10-28-11-13-30(14-12-28)31-15-17-32(18-16-31)33-19-21-34(22-20-33)36-24-23-35(27-29(36)6-2)40-26-25-38(4)37(39)7-3/h7,23-24,27-28,30-34H,3,5-6,8-22,25-26H2,1-2,4H3. The summed E-state index contributed by atoms with van der Waals surface area (Å²) in [5, 5.41) is 0. The van der Waals surface area contributed by atoms with E-state index < -0.39 is 0 Å². The summed E-state index contributed by atoms with van der Waals surface area (Å²) in [7, 11) is 1.79. The summed E-state index contributed by atoms with van der Waals surface area (Å²) in [6, 6.07) is 6.73. The van der Waals surface area contributed by atoms with Crippen molar-refractivity contribution in [1.29, 1.82) is 0 Å². The van der Waals surface area contributed by atoms with E-state index in [1.54, 1.807) is 17.5 Å². The maximum Gasteiger partial charge on any atom is 0.245 e. The fraction of sp³-hybridized carbons (Fsp3) is 0.757. The molecule has 4 rings (SSSR count). The van der Waals surface area contributed by atoms with E-state index in [0.717, 1.165) is 41.8 Å². The zero-order chi connectivity index (χ0) is 28.3. The Bertz CT molecular complexity index is 901. The molecule has 0 atom stereocenters. The number of aryl methyl sites for hydroxylation is 1. The summed E-state index contributed by atoms with van der Waals surface area (Å²) in [6.07, 6.45) is 25.9. The Morgan fingerprint density at radius 2 is 1.45 bits per heavy atom. The van der Waals surface area contributed by atoms with Crippen LogP contribution in [-0.4, -0.2) is 31.0 Å². The smallest absolute Gasteiger partial charge is 0.245 e. The van der Waals surface area contributed by atoms with Gasteiger partial charge in [0.1, 0.15) is 12.4 Å². The summed E-state index contributed by atoms with van der Waals surface area (Å²) in [4.78, 5) is 13.3. The Hall–Kier alpha value is -1.77. The van der Waals surface area contributed by atoms with E-state index in [2.05, 4.69) is 38.6 Å². The topological polar surface area (TPSA) is 29.5 Å². The highest BCUT2D eigenvalue weighted by Gasteiger charge is 2.35. The molecule has 0 aromatic heterocycles. The monoisotopic (exact) mass is 549 g/mol. The number of rotatable bonds is 13. The summed E-state index contributed by atoms with van der Waals surface area (Å²) in [6.45, 7) is 9.23. The largest absolute Gasteiger partial charge is 0.492 e. The van der Waals surface area contributed by atoms with Crippen molar-refractivity contribution in [2.75, 3.05) is 20.2 Å². The van der Waals surface area contributed by atoms with Crippen molar-refractivity contribution in [3.8, 4) is 5.75 Å². The zero-order valence-electron chi connectivity index (χ0n) is 26.2. The Labute approximate surface area is 246 Å². The van der Waals surface area contributed by atoms with Crippen molar-refractivity contribution in [2.24, 2.45) is 29.6 Å². The van der Waals surface area contributed by atoms with E-state index in [1.807, 2.05) is 0 Å². The fourth-order valence-corrected chi connectivity index (χ4v) is 8.56. The number of carbonyl (C=O) groups excluding carboxylic acids is 1. The predicted octanol–water partition coefficient (Wildman–Crippen LogP) is 9.74. The van der Waals surface area contributed by atoms with Crippen molar-refractivity contribution in [1.82, 2.24) is 4.90 Å². The van der Waals surface area contributed by atoms with Gasteiger partial charge in [0.15, 0.2) is 0 Å². The lowest BCUT2D eigenvalue weighted by atomic mass is 9.64. The third-order valence-corrected chi connectivity index (χ3v) is 11.2. The summed E-state index contributed by atoms with van der Waals surface area (Å²) >= 11 is 0. The van der Waals surface area contributed by atoms with E-state index in [-0.39, 0.29) is 5.91 Å². The zero-order valence-corrected chi connectivity index (χ0v) is 26.2. The van der Waals surface area contributed by atoms with Crippen molar-refractivity contribution in [2.45, 2.75) is 129 Å². The number of likely N-dealkylation sites (N-methyl/N-ethyl adjacent to an activating group) is 1. The van der Waals surface area contributed by atoms with Crippen LogP contribution in [0.3, 0.4) is 0 Å². The molecule has 1 aromatic rings. The molecule has 40 heavy (non-hydrogen) atoms. The third-order valence-electron chi connectivity index (χ3n) is 11.2. The van der Waals surface area contributed by atoms with E-state index in [1.165, 1.54) is 114 Å². The Kier molecular flexibility index (Phi) is 12.5. The molecule has 3 nitrogen and oxygen atoms in total. The molecule has 0 aliphatic heterocycles. The maximum atomic E-state index is 11.7. The molecule has 0 radical (unpaired) electrons. The van der Waals surface area contributed by atoms with Gasteiger partial charge in [-0.2, -0.15) is 0 Å². The number of amides is 1. The summed E-state index contributed by atoms with van der Waals surface area (Å²) in [5.74, 6) is 6.68. The first kappa shape index (κ1) is 31.2. The molecule has 0 unspecified atom stereocenters. The summed E-state index contributed by atoms with van der Waals surface area (Å²) < 4.78 is 6.00. The molecule has 3 heteroatoms. The van der Waals surface area contributed by atoms with E-state index in [4.69, 9.17) is 4.74 Å². The molecule has 0 saturated heterocycles. The van der Waals surface area contributed by atoms with Crippen LogP contribution < -0.4 is 4.74 Å². The highest BCUT2D eigenvalue weighted by Crippen LogP contribution is 2.48. The molecule has 0 N–H and O–H groups in total. The van der Waals surface area contributed by atoms with Crippen LogP contribution in [0.4, 0.5) is 0 Å². The maximum absolute atomic E-state index is 11.7. The van der Waals surface area contributed by atoms with Crippen molar-refractivity contribution >= 4 is 5.91 Å². The average Bonchev–Trinajstić information content (AvgIpc) is 3.01. The minimum atomic E-state index is -0.0627. The highest BCUT2D eigenvalue weighted by molar-refractivity contribution is 5.86. The van der Waals surface area contributed by atoms with Crippen LogP contribution in [0.25, 0.3) is 0 Å². The number of hydrogen-bond donors (Lipinski definition) is 0. The molecular formula is C37H59NO2. The molecule has 3 aliphatic rings.